The Kier molecular flexibility index (Phi) is 5.88. The molecule has 0 aliphatic heterocycles. The molecule has 1 fully saturated rings. The Morgan fingerprint density at radius 3 is 2.88 bits per heavy atom. The molecule has 1 saturated carbocycles. The summed E-state index contributed by atoms with van der Waals surface area (Å²) in [4.78, 5) is 19.4. The second-order valence-corrected chi connectivity index (χ2v) is 6.91. The smallest absolute Gasteiger partial charge is 0.318 e. The quantitative estimate of drug-likeness (QED) is 0.788. The van der Waals surface area contributed by atoms with Crippen LogP contribution in [0.2, 0.25) is 0 Å². The van der Waals surface area contributed by atoms with Gasteiger partial charge < -0.3 is 15.0 Å². The number of aryl methyl sites for hydroxylation is 2. The number of hydrogen-bond donors (Lipinski definition) is 1. The van der Waals surface area contributed by atoms with Gasteiger partial charge in [0.2, 0.25) is 0 Å². The number of nitrogens with one attached hydrogen (secondary N) is 1. The molecular weight excluding hydrogens is 330 g/mol. The minimum Gasteiger partial charge on any atom is -0.383 e. The van der Waals surface area contributed by atoms with Crippen LogP contribution in [0.5, 0.6) is 0 Å². The van der Waals surface area contributed by atoms with Crippen molar-refractivity contribution in [1.82, 2.24) is 25.0 Å². The summed E-state index contributed by atoms with van der Waals surface area (Å²) in [6.07, 6.45) is 5.96. The van der Waals surface area contributed by atoms with Crippen molar-refractivity contribution in [2.45, 2.75) is 32.4 Å². The molecule has 2 aromatic heterocycles. The highest BCUT2D eigenvalue weighted by Crippen LogP contribution is 2.40. The fourth-order valence-corrected chi connectivity index (χ4v) is 3.05. The number of aromatic nitrogens is 3. The lowest BCUT2D eigenvalue weighted by atomic mass is 10.1. The van der Waals surface area contributed by atoms with Crippen LogP contribution in [0.25, 0.3) is 0 Å². The third-order valence-corrected chi connectivity index (χ3v) is 4.59. The van der Waals surface area contributed by atoms with Crippen LogP contribution in [0.3, 0.4) is 0 Å². The molecule has 2 amide bonds. The second kappa shape index (κ2) is 8.31. The van der Waals surface area contributed by atoms with E-state index in [2.05, 4.69) is 15.4 Å². The lowest BCUT2D eigenvalue weighted by molar-refractivity contribution is 0.144. The normalized spacial score (nSPS) is 14.9. The summed E-state index contributed by atoms with van der Waals surface area (Å²) in [6.45, 7) is 3.49. The van der Waals surface area contributed by atoms with Crippen LogP contribution < -0.4 is 5.32 Å². The number of nitrogens with zero attached hydrogens (tertiary/aromatic N) is 4. The Hall–Kier alpha value is -2.41. The molecule has 1 aliphatic rings. The number of ether oxygens (including phenoxy) is 1. The van der Waals surface area contributed by atoms with Gasteiger partial charge >= 0.3 is 6.03 Å². The molecular formula is C19H27N5O2. The first-order chi connectivity index (χ1) is 12.6. The zero-order valence-electron chi connectivity index (χ0n) is 15.7. The van der Waals surface area contributed by atoms with Gasteiger partial charge in [-0.15, -0.1) is 0 Å². The Labute approximate surface area is 154 Å². The lowest BCUT2D eigenvalue weighted by Crippen LogP contribution is -2.43. The summed E-state index contributed by atoms with van der Waals surface area (Å²) in [7, 11) is 3.51. The Morgan fingerprint density at radius 2 is 2.27 bits per heavy atom. The first kappa shape index (κ1) is 18.4. The van der Waals surface area contributed by atoms with E-state index in [4.69, 9.17) is 4.74 Å². The molecule has 1 atom stereocenters. The molecule has 1 aliphatic carbocycles. The zero-order valence-corrected chi connectivity index (χ0v) is 15.7. The first-order valence-electron chi connectivity index (χ1n) is 9.02. The van der Waals surface area contributed by atoms with Gasteiger partial charge in [0.05, 0.1) is 31.1 Å². The van der Waals surface area contributed by atoms with Crippen LogP contribution in [0.15, 0.2) is 30.6 Å². The summed E-state index contributed by atoms with van der Waals surface area (Å²) in [5, 5.41) is 7.38. The molecule has 2 aromatic rings. The SMILES string of the molecule is COCCN(Cc1cnn(C)c1)C(=O)NC(c1cccc(C)n1)C1CC1. The van der Waals surface area contributed by atoms with E-state index >= 15 is 0 Å². The van der Waals surface area contributed by atoms with Crippen LogP contribution in [0.4, 0.5) is 4.79 Å². The van der Waals surface area contributed by atoms with Crippen LogP contribution in [-0.4, -0.2) is 46.0 Å². The molecule has 3 rings (SSSR count). The molecule has 26 heavy (non-hydrogen) atoms. The number of carbonyl (C=O) groups is 1. The minimum absolute atomic E-state index is 0.0404. The fraction of sp³-hybridized carbons (Fsp3) is 0.526. The maximum absolute atomic E-state index is 13.0. The average molecular weight is 357 g/mol. The Bertz CT molecular complexity index is 741. The van der Waals surface area contributed by atoms with Crippen molar-refractivity contribution in [2.75, 3.05) is 20.3 Å². The summed E-state index contributed by atoms with van der Waals surface area (Å²) in [5.74, 6) is 0.468. The van der Waals surface area contributed by atoms with Crippen molar-refractivity contribution in [3.63, 3.8) is 0 Å². The van der Waals surface area contributed by atoms with Crippen LogP contribution in [0, 0.1) is 12.8 Å². The Balaban J connectivity index is 1.72. The highest BCUT2D eigenvalue weighted by molar-refractivity contribution is 5.74. The summed E-state index contributed by atoms with van der Waals surface area (Å²) >= 11 is 0. The predicted octanol–water partition coefficient (Wildman–Crippen LogP) is 2.43. The van der Waals surface area contributed by atoms with Crippen LogP contribution in [0.1, 0.15) is 35.8 Å². The van der Waals surface area contributed by atoms with Crippen molar-refractivity contribution >= 4 is 6.03 Å². The van der Waals surface area contributed by atoms with Crippen molar-refractivity contribution in [3.8, 4) is 0 Å². The molecule has 2 heterocycles. The van der Waals surface area contributed by atoms with E-state index in [0.717, 1.165) is 29.8 Å². The van der Waals surface area contributed by atoms with Gasteiger partial charge in [-0.3, -0.25) is 9.67 Å². The molecule has 1 N–H and O–H groups in total. The monoisotopic (exact) mass is 357 g/mol. The van der Waals surface area contributed by atoms with Gasteiger partial charge in [0, 0.05) is 38.2 Å². The minimum atomic E-state index is -0.0916. The zero-order chi connectivity index (χ0) is 18.5. The molecule has 0 saturated heterocycles. The maximum atomic E-state index is 13.0. The molecule has 0 radical (unpaired) electrons. The Morgan fingerprint density at radius 1 is 1.46 bits per heavy atom. The molecule has 0 spiro atoms. The van der Waals surface area contributed by atoms with Gasteiger partial charge in [0.25, 0.3) is 0 Å². The van der Waals surface area contributed by atoms with Gasteiger partial charge in [-0.25, -0.2) is 4.79 Å². The standard InChI is InChI=1S/C19H27N5O2/c1-14-5-4-6-17(21-14)18(16-7-8-16)22-19(25)24(9-10-26-3)13-15-11-20-23(2)12-15/h4-6,11-12,16,18H,7-10,13H2,1-3H3,(H,22,25). The third kappa shape index (κ3) is 4.82. The van der Waals surface area contributed by atoms with Crippen LogP contribution in [-0.2, 0) is 18.3 Å². The van der Waals surface area contributed by atoms with Gasteiger partial charge in [0.15, 0.2) is 0 Å². The highest BCUT2D eigenvalue weighted by Gasteiger charge is 2.35. The third-order valence-electron chi connectivity index (χ3n) is 4.59. The van der Waals surface area contributed by atoms with E-state index in [1.165, 1.54) is 0 Å². The number of carbonyl (C=O) groups excluding carboxylic acids is 1. The molecule has 1 unspecified atom stereocenters. The van der Waals surface area contributed by atoms with Gasteiger partial charge in [-0.2, -0.15) is 5.10 Å². The van der Waals surface area contributed by atoms with Crippen LogP contribution >= 0.6 is 0 Å². The number of pyridine rings is 1. The van der Waals surface area contributed by atoms with Gasteiger partial charge in [-0.1, -0.05) is 6.07 Å². The second-order valence-electron chi connectivity index (χ2n) is 6.91. The number of urea groups is 1. The first-order valence-corrected chi connectivity index (χ1v) is 9.02. The van der Waals surface area contributed by atoms with Crippen molar-refractivity contribution in [2.24, 2.45) is 13.0 Å². The van der Waals surface area contributed by atoms with E-state index in [1.54, 1.807) is 22.9 Å². The lowest BCUT2D eigenvalue weighted by Gasteiger charge is -2.26. The molecule has 7 heteroatoms. The van der Waals surface area contributed by atoms with Crippen molar-refractivity contribution in [3.05, 3.63) is 47.5 Å². The van der Waals surface area contributed by atoms with Crippen molar-refractivity contribution < 1.29 is 9.53 Å². The van der Waals surface area contributed by atoms with E-state index in [-0.39, 0.29) is 12.1 Å². The summed E-state index contributed by atoms with van der Waals surface area (Å²) in [5.41, 5.74) is 2.90. The summed E-state index contributed by atoms with van der Waals surface area (Å²) < 4.78 is 6.92. The number of rotatable bonds is 8. The molecule has 0 aromatic carbocycles. The average Bonchev–Trinajstić information content (AvgIpc) is 3.38. The van der Waals surface area contributed by atoms with E-state index in [9.17, 15) is 4.79 Å². The van der Waals surface area contributed by atoms with Crippen molar-refractivity contribution in [1.29, 1.82) is 0 Å². The topological polar surface area (TPSA) is 72.3 Å². The fourth-order valence-electron chi connectivity index (χ4n) is 3.05. The number of amides is 2. The van der Waals surface area contributed by atoms with E-state index in [1.807, 2.05) is 38.4 Å². The molecule has 140 valence electrons. The van der Waals surface area contributed by atoms with Gasteiger partial charge in [-0.05, 0) is 37.8 Å². The highest BCUT2D eigenvalue weighted by atomic mass is 16.5. The summed E-state index contributed by atoms with van der Waals surface area (Å²) in [6, 6.07) is 5.84. The van der Waals surface area contributed by atoms with E-state index < -0.39 is 0 Å². The van der Waals surface area contributed by atoms with E-state index in [0.29, 0.717) is 25.6 Å². The number of methoxy groups -OCH3 is 1. The van der Waals surface area contributed by atoms with Gasteiger partial charge in [0.1, 0.15) is 0 Å². The largest absolute Gasteiger partial charge is 0.383 e. The maximum Gasteiger partial charge on any atom is 0.318 e. The predicted molar refractivity (Wildman–Crippen MR) is 98.5 cm³/mol. The number of hydrogen-bond acceptors (Lipinski definition) is 4. The molecule has 7 nitrogen and oxygen atoms in total. The molecule has 0 bridgehead atoms.